The number of aliphatic hydroxyl groups is 1. The zero-order valence-corrected chi connectivity index (χ0v) is 10.2. The lowest BCUT2D eigenvalue weighted by atomic mass is 10.1. The van der Waals surface area contributed by atoms with E-state index in [0.717, 1.165) is 23.0 Å². The number of rotatable bonds is 4. The number of nitrogens with zero attached hydrogens (tertiary/aromatic N) is 1. The van der Waals surface area contributed by atoms with Gasteiger partial charge in [0, 0.05) is 23.3 Å². The lowest BCUT2D eigenvalue weighted by Crippen LogP contribution is -2.20. The van der Waals surface area contributed by atoms with Gasteiger partial charge in [0.05, 0.1) is 11.6 Å². The highest BCUT2D eigenvalue weighted by atomic mass is 16.3. The van der Waals surface area contributed by atoms with Crippen molar-refractivity contribution in [3.8, 4) is 0 Å². The zero-order chi connectivity index (χ0) is 12.3. The van der Waals surface area contributed by atoms with Crippen molar-refractivity contribution < 1.29 is 5.11 Å². The number of aromatic nitrogens is 1. The van der Waals surface area contributed by atoms with Gasteiger partial charge in [-0.2, -0.15) is 0 Å². The number of fused-ring (bicyclic) bond motifs is 1. The van der Waals surface area contributed by atoms with E-state index in [1.807, 2.05) is 31.2 Å². The van der Waals surface area contributed by atoms with Crippen molar-refractivity contribution in [3.05, 3.63) is 36.5 Å². The lowest BCUT2D eigenvalue weighted by Gasteiger charge is -2.17. The van der Waals surface area contributed by atoms with Crippen LogP contribution in [0.3, 0.4) is 0 Å². The van der Waals surface area contributed by atoms with Gasteiger partial charge in [0.1, 0.15) is 0 Å². The quantitative estimate of drug-likeness (QED) is 0.849. The first-order valence-corrected chi connectivity index (χ1v) is 5.95. The molecule has 2 rings (SSSR count). The molecule has 1 aromatic heterocycles. The highest BCUT2D eigenvalue weighted by molar-refractivity contribution is 5.90. The van der Waals surface area contributed by atoms with E-state index in [9.17, 15) is 5.11 Å². The van der Waals surface area contributed by atoms with Crippen LogP contribution in [0.25, 0.3) is 10.9 Å². The molecule has 0 saturated heterocycles. The third-order valence-electron chi connectivity index (χ3n) is 2.75. The SMILES string of the molecule is CC(O)CC(C)Nc1ccnc2ccccc12. The van der Waals surface area contributed by atoms with Gasteiger partial charge in [-0.15, -0.1) is 0 Å². The summed E-state index contributed by atoms with van der Waals surface area (Å²) in [6.07, 6.45) is 2.25. The molecular weight excluding hydrogens is 212 g/mol. The number of benzene rings is 1. The Morgan fingerprint density at radius 1 is 1.24 bits per heavy atom. The average molecular weight is 230 g/mol. The summed E-state index contributed by atoms with van der Waals surface area (Å²) in [5, 5.41) is 13.9. The predicted molar refractivity (Wildman–Crippen MR) is 71.1 cm³/mol. The van der Waals surface area contributed by atoms with Gasteiger partial charge < -0.3 is 10.4 Å². The molecule has 0 aliphatic rings. The van der Waals surface area contributed by atoms with Crippen LogP contribution in [0.4, 0.5) is 5.69 Å². The van der Waals surface area contributed by atoms with Gasteiger partial charge in [0.15, 0.2) is 0 Å². The molecule has 2 unspecified atom stereocenters. The molecule has 90 valence electrons. The van der Waals surface area contributed by atoms with E-state index in [1.54, 1.807) is 6.20 Å². The van der Waals surface area contributed by atoms with E-state index >= 15 is 0 Å². The monoisotopic (exact) mass is 230 g/mol. The maximum atomic E-state index is 9.36. The smallest absolute Gasteiger partial charge is 0.0722 e. The molecule has 2 atom stereocenters. The van der Waals surface area contributed by atoms with Crippen LogP contribution < -0.4 is 5.32 Å². The molecule has 0 amide bonds. The van der Waals surface area contributed by atoms with Gasteiger partial charge in [-0.3, -0.25) is 4.98 Å². The molecule has 0 aliphatic carbocycles. The Balaban J connectivity index is 2.24. The van der Waals surface area contributed by atoms with Crippen LogP contribution in [0, 0.1) is 0 Å². The Morgan fingerprint density at radius 3 is 2.76 bits per heavy atom. The summed E-state index contributed by atoms with van der Waals surface area (Å²) in [6.45, 7) is 3.88. The fraction of sp³-hybridized carbons (Fsp3) is 0.357. The third kappa shape index (κ3) is 2.94. The standard InChI is InChI=1S/C14H18N2O/c1-10(9-11(2)17)16-14-7-8-15-13-6-4-3-5-12(13)14/h3-8,10-11,17H,9H2,1-2H3,(H,15,16). The number of pyridine rings is 1. The molecule has 3 nitrogen and oxygen atoms in total. The minimum absolute atomic E-state index is 0.237. The second-order valence-electron chi connectivity index (χ2n) is 4.51. The molecule has 2 N–H and O–H groups in total. The summed E-state index contributed by atoms with van der Waals surface area (Å²) in [5.74, 6) is 0. The van der Waals surface area contributed by atoms with Crippen molar-refractivity contribution in [1.82, 2.24) is 4.98 Å². The van der Waals surface area contributed by atoms with Crippen LogP contribution in [-0.4, -0.2) is 22.2 Å². The lowest BCUT2D eigenvalue weighted by molar-refractivity contribution is 0.179. The van der Waals surface area contributed by atoms with Crippen molar-refractivity contribution in [2.45, 2.75) is 32.4 Å². The van der Waals surface area contributed by atoms with Gasteiger partial charge >= 0.3 is 0 Å². The van der Waals surface area contributed by atoms with Gasteiger partial charge in [-0.25, -0.2) is 0 Å². The minimum Gasteiger partial charge on any atom is -0.393 e. The molecule has 1 aromatic carbocycles. The normalized spacial score (nSPS) is 14.5. The highest BCUT2D eigenvalue weighted by Crippen LogP contribution is 2.22. The Hall–Kier alpha value is -1.61. The molecule has 0 spiro atoms. The fourth-order valence-electron chi connectivity index (χ4n) is 2.06. The number of aliphatic hydroxyl groups excluding tert-OH is 1. The summed E-state index contributed by atoms with van der Waals surface area (Å²) in [5.41, 5.74) is 2.06. The van der Waals surface area contributed by atoms with Crippen molar-refractivity contribution in [2.24, 2.45) is 0 Å². The number of hydrogen-bond acceptors (Lipinski definition) is 3. The van der Waals surface area contributed by atoms with Gasteiger partial charge in [0.2, 0.25) is 0 Å². The Kier molecular flexibility index (Phi) is 3.59. The second kappa shape index (κ2) is 5.15. The van der Waals surface area contributed by atoms with Crippen LogP contribution >= 0.6 is 0 Å². The molecule has 3 heteroatoms. The molecule has 0 saturated carbocycles. The molecule has 0 bridgehead atoms. The summed E-state index contributed by atoms with van der Waals surface area (Å²) in [6, 6.07) is 10.3. The predicted octanol–water partition coefficient (Wildman–Crippen LogP) is 2.81. The molecule has 2 aromatic rings. The second-order valence-corrected chi connectivity index (χ2v) is 4.51. The molecule has 0 fully saturated rings. The first-order valence-electron chi connectivity index (χ1n) is 5.95. The molecular formula is C14H18N2O. The van der Waals surface area contributed by atoms with E-state index in [-0.39, 0.29) is 12.1 Å². The Labute approximate surface area is 102 Å². The maximum absolute atomic E-state index is 9.36. The highest BCUT2D eigenvalue weighted by Gasteiger charge is 2.07. The maximum Gasteiger partial charge on any atom is 0.0722 e. The van der Waals surface area contributed by atoms with E-state index in [4.69, 9.17) is 0 Å². The molecule has 0 aliphatic heterocycles. The van der Waals surface area contributed by atoms with Gasteiger partial charge in [0.25, 0.3) is 0 Å². The van der Waals surface area contributed by atoms with Crippen molar-refractivity contribution in [1.29, 1.82) is 0 Å². The van der Waals surface area contributed by atoms with Crippen molar-refractivity contribution in [3.63, 3.8) is 0 Å². The first-order chi connectivity index (χ1) is 8.16. The Bertz CT molecular complexity index is 491. The largest absolute Gasteiger partial charge is 0.393 e. The number of hydrogen-bond donors (Lipinski definition) is 2. The number of nitrogens with one attached hydrogen (secondary N) is 1. The fourth-order valence-corrected chi connectivity index (χ4v) is 2.06. The van der Waals surface area contributed by atoms with E-state index in [1.165, 1.54) is 0 Å². The van der Waals surface area contributed by atoms with E-state index < -0.39 is 0 Å². The van der Waals surface area contributed by atoms with Crippen LogP contribution in [0.15, 0.2) is 36.5 Å². The van der Waals surface area contributed by atoms with Crippen LogP contribution in [-0.2, 0) is 0 Å². The van der Waals surface area contributed by atoms with E-state index in [2.05, 4.69) is 23.3 Å². The van der Waals surface area contributed by atoms with Crippen molar-refractivity contribution in [2.75, 3.05) is 5.32 Å². The molecule has 1 heterocycles. The number of anilines is 1. The molecule has 0 radical (unpaired) electrons. The van der Waals surface area contributed by atoms with Crippen molar-refractivity contribution >= 4 is 16.6 Å². The molecule has 17 heavy (non-hydrogen) atoms. The van der Waals surface area contributed by atoms with Gasteiger partial charge in [-0.1, -0.05) is 18.2 Å². The van der Waals surface area contributed by atoms with E-state index in [0.29, 0.717) is 0 Å². The first kappa shape index (κ1) is 11.9. The minimum atomic E-state index is -0.286. The Morgan fingerprint density at radius 2 is 2.00 bits per heavy atom. The number of para-hydroxylation sites is 1. The zero-order valence-electron chi connectivity index (χ0n) is 10.2. The summed E-state index contributed by atoms with van der Waals surface area (Å²) in [7, 11) is 0. The van der Waals surface area contributed by atoms with Crippen LogP contribution in [0.1, 0.15) is 20.3 Å². The van der Waals surface area contributed by atoms with Gasteiger partial charge in [-0.05, 0) is 32.4 Å². The van der Waals surface area contributed by atoms with Crippen LogP contribution in [0.5, 0.6) is 0 Å². The summed E-state index contributed by atoms with van der Waals surface area (Å²) < 4.78 is 0. The van der Waals surface area contributed by atoms with Crippen LogP contribution in [0.2, 0.25) is 0 Å². The summed E-state index contributed by atoms with van der Waals surface area (Å²) >= 11 is 0. The average Bonchev–Trinajstić information content (AvgIpc) is 2.28. The third-order valence-corrected chi connectivity index (χ3v) is 2.75. The topological polar surface area (TPSA) is 45.1 Å². The summed E-state index contributed by atoms with van der Waals surface area (Å²) in [4.78, 5) is 4.32.